The maximum atomic E-state index is 13.7. The highest BCUT2D eigenvalue weighted by Gasteiger charge is 2.42. The van der Waals surface area contributed by atoms with Crippen molar-refractivity contribution in [2.45, 2.75) is 44.4 Å². The van der Waals surface area contributed by atoms with Crippen LogP contribution in [0.2, 0.25) is 0 Å². The summed E-state index contributed by atoms with van der Waals surface area (Å²) in [5.74, 6) is 2.56. The van der Waals surface area contributed by atoms with Crippen molar-refractivity contribution in [3.05, 3.63) is 34.6 Å². The molecule has 98 valence electrons. The van der Waals surface area contributed by atoms with Crippen LogP contribution in [0.5, 0.6) is 0 Å². The summed E-state index contributed by atoms with van der Waals surface area (Å²) in [7, 11) is 0. The van der Waals surface area contributed by atoms with E-state index in [-0.39, 0.29) is 5.82 Å². The molecule has 0 aromatic heterocycles. The first-order valence-corrected chi connectivity index (χ1v) is 7.88. The molecule has 1 aromatic rings. The lowest BCUT2D eigenvalue weighted by Gasteiger charge is -2.27. The molecule has 2 fully saturated rings. The standard InChI is InChI=1S/C16H20BrF/c1-9-5-13(6-10(2)16(9)18)15(17)14-8-11-3-4-12(14)7-11/h5-6,11-12,14-15H,3-4,7-8H2,1-2H3. The van der Waals surface area contributed by atoms with E-state index in [2.05, 4.69) is 15.9 Å². The summed E-state index contributed by atoms with van der Waals surface area (Å²) < 4.78 is 13.7. The zero-order valence-corrected chi connectivity index (χ0v) is 12.6. The Morgan fingerprint density at radius 3 is 2.33 bits per heavy atom. The number of benzene rings is 1. The summed E-state index contributed by atoms with van der Waals surface area (Å²) in [5, 5.41) is 0. The van der Waals surface area contributed by atoms with Crippen LogP contribution in [0, 0.1) is 37.4 Å². The van der Waals surface area contributed by atoms with Crippen molar-refractivity contribution in [1.82, 2.24) is 0 Å². The predicted octanol–water partition coefficient (Wildman–Crippen LogP) is 5.31. The predicted molar refractivity (Wildman–Crippen MR) is 76.5 cm³/mol. The Balaban J connectivity index is 1.86. The van der Waals surface area contributed by atoms with Crippen LogP contribution in [0.15, 0.2) is 12.1 Å². The maximum Gasteiger partial charge on any atom is 0.129 e. The van der Waals surface area contributed by atoms with Crippen LogP contribution >= 0.6 is 15.9 Å². The molecule has 0 heterocycles. The Morgan fingerprint density at radius 2 is 1.83 bits per heavy atom. The minimum absolute atomic E-state index is 0.0496. The molecule has 2 bridgehead atoms. The first-order chi connectivity index (χ1) is 8.56. The van der Waals surface area contributed by atoms with Crippen LogP contribution in [0.25, 0.3) is 0 Å². The SMILES string of the molecule is Cc1cc(C(Br)C2CC3CCC2C3)cc(C)c1F. The van der Waals surface area contributed by atoms with Gasteiger partial charge in [0.05, 0.1) is 0 Å². The highest BCUT2D eigenvalue weighted by Crippen LogP contribution is 2.55. The molecule has 0 spiro atoms. The average Bonchev–Trinajstić information content (AvgIpc) is 2.96. The molecule has 1 aromatic carbocycles. The van der Waals surface area contributed by atoms with Gasteiger partial charge in [0.25, 0.3) is 0 Å². The highest BCUT2D eigenvalue weighted by molar-refractivity contribution is 9.09. The van der Waals surface area contributed by atoms with Crippen LogP contribution in [0.4, 0.5) is 4.39 Å². The molecule has 0 N–H and O–H groups in total. The monoisotopic (exact) mass is 310 g/mol. The second-order valence-electron chi connectivity index (χ2n) is 6.21. The number of hydrogen-bond donors (Lipinski definition) is 0. The molecule has 0 aliphatic heterocycles. The Hall–Kier alpha value is -0.370. The van der Waals surface area contributed by atoms with E-state index in [4.69, 9.17) is 0 Å². The lowest BCUT2D eigenvalue weighted by molar-refractivity contribution is 0.329. The first-order valence-electron chi connectivity index (χ1n) is 6.97. The van der Waals surface area contributed by atoms with E-state index in [1.165, 1.54) is 31.2 Å². The van der Waals surface area contributed by atoms with Gasteiger partial charge < -0.3 is 0 Å². The fourth-order valence-corrected chi connectivity index (χ4v) is 4.95. The minimum atomic E-state index is -0.0496. The summed E-state index contributed by atoms with van der Waals surface area (Å²) >= 11 is 3.89. The Kier molecular flexibility index (Phi) is 3.25. The molecule has 0 saturated heterocycles. The molecule has 4 atom stereocenters. The molecule has 0 amide bonds. The van der Waals surface area contributed by atoms with Crippen LogP contribution in [-0.2, 0) is 0 Å². The zero-order valence-electron chi connectivity index (χ0n) is 11.0. The second kappa shape index (κ2) is 4.63. The topological polar surface area (TPSA) is 0 Å². The number of aryl methyl sites for hydroxylation is 2. The van der Waals surface area contributed by atoms with Crippen LogP contribution in [-0.4, -0.2) is 0 Å². The fraction of sp³-hybridized carbons (Fsp3) is 0.625. The lowest BCUT2D eigenvalue weighted by atomic mass is 9.83. The number of alkyl halides is 1. The molecule has 2 saturated carbocycles. The number of halogens is 2. The normalized spacial score (nSPS) is 31.9. The smallest absolute Gasteiger partial charge is 0.129 e. The van der Waals surface area contributed by atoms with E-state index in [0.29, 0.717) is 4.83 Å². The fourth-order valence-electron chi connectivity index (χ4n) is 4.04. The van der Waals surface area contributed by atoms with Crippen molar-refractivity contribution in [2.24, 2.45) is 17.8 Å². The van der Waals surface area contributed by atoms with Crippen LogP contribution in [0.3, 0.4) is 0 Å². The highest BCUT2D eigenvalue weighted by atomic mass is 79.9. The molecule has 4 unspecified atom stereocenters. The number of rotatable bonds is 2. The van der Waals surface area contributed by atoms with Gasteiger partial charge in [-0.05, 0) is 67.6 Å². The van der Waals surface area contributed by atoms with Gasteiger partial charge in [0.2, 0.25) is 0 Å². The maximum absolute atomic E-state index is 13.7. The van der Waals surface area contributed by atoms with Gasteiger partial charge in [0.1, 0.15) is 5.82 Å². The number of fused-ring (bicyclic) bond motifs is 2. The Bertz CT molecular complexity index is 445. The molecular weight excluding hydrogens is 291 g/mol. The first kappa shape index (κ1) is 12.7. The van der Waals surface area contributed by atoms with Gasteiger partial charge in [-0.2, -0.15) is 0 Å². The van der Waals surface area contributed by atoms with E-state index in [1.807, 2.05) is 26.0 Å². The zero-order chi connectivity index (χ0) is 12.9. The molecule has 3 rings (SSSR count). The summed E-state index contributed by atoms with van der Waals surface area (Å²) in [5.41, 5.74) is 2.82. The molecule has 2 aliphatic carbocycles. The van der Waals surface area contributed by atoms with Crippen molar-refractivity contribution in [2.75, 3.05) is 0 Å². The Morgan fingerprint density at radius 1 is 1.17 bits per heavy atom. The van der Waals surface area contributed by atoms with E-state index in [1.54, 1.807) is 0 Å². The quantitative estimate of drug-likeness (QED) is 0.649. The van der Waals surface area contributed by atoms with E-state index < -0.39 is 0 Å². The van der Waals surface area contributed by atoms with Gasteiger partial charge in [-0.25, -0.2) is 4.39 Å². The van der Waals surface area contributed by atoms with E-state index in [9.17, 15) is 4.39 Å². The van der Waals surface area contributed by atoms with Gasteiger partial charge >= 0.3 is 0 Å². The average molecular weight is 311 g/mol. The van der Waals surface area contributed by atoms with Crippen molar-refractivity contribution < 1.29 is 4.39 Å². The number of hydrogen-bond acceptors (Lipinski definition) is 0. The molecule has 2 heteroatoms. The van der Waals surface area contributed by atoms with Crippen LogP contribution < -0.4 is 0 Å². The minimum Gasteiger partial charge on any atom is -0.206 e. The summed E-state index contributed by atoms with van der Waals surface area (Å²) in [4.78, 5) is 0.408. The van der Waals surface area contributed by atoms with Gasteiger partial charge in [-0.15, -0.1) is 0 Å². The summed E-state index contributed by atoms with van der Waals surface area (Å²) in [6, 6.07) is 4.04. The molecule has 18 heavy (non-hydrogen) atoms. The molecule has 0 radical (unpaired) electrons. The van der Waals surface area contributed by atoms with Crippen molar-refractivity contribution in [1.29, 1.82) is 0 Å². The second-order valence-corrected chi connectivity index (χ2v) is 7.20. The summed E-state index contributed by atoms with van der Waals surface area (Å²) in [6.45, 7) is 3.73. The molecule has 0 nitrogen and oxygen atoms in total. The van der Waals surface area contributed by atoms with Gasteiger partial charge in [0.15, 0.2) is 0 Å². The summed E-state index contributed by atoms with van der Waals surface area (Å²) in [6.07, 6.45) is 5.61. The van der Waals surface area contributed by atoms with Crippen molar-refractivity contribution >= 4 is 15.9 Å². The lowest BCUT2D eigenvalue weighted by Crippen LogP contribution is -2.16. The van der Waals surface area contributed by atoms with Crippen LogP contribution in [0.1, 0.15) is 47.2 Å². The third-order valence-corrected chi connectivity index (χ3v) is 6.15. The van der Waals surface area contributed by atoms with Gasteiger partial charge in [-0.3, -0.25) is 0 Å². The molecular formula is C16H20BrF. The van der Waals surface area contributed by atoms with Crippen molar-refractivity contribution in [3.63, 3.8) is 0 Å². The molecule has 2 aliphatic rings. The van der Waals surface area contributed by atoms with Gasteiger partial charge in [0, 0.05) is 4.83 Å². The van der Waals surface area contributed by atoms with E-state index in [0.717, 1.165) is 28.9 Å². The van der Waals surface area contributed by atoms with Crippen molar-refractivity contribution in [3.8, 4) is 0 Å². The third kappa shape index (κ3) is 2.03. The third-order valence-electron chi connectivity index (χ3n) is 4.95. The Labute approximate surface area is 117 Å². The van der Waals surface area contributed by atoms with Gasteiger partial charge in [-0.1, -0.05) is 34.5 Å². The largest absolute Gasteiger partial charge is 0.206 e. The van der Waals surface area contributed by atoms with E-state index >= 15 is 0 Å².